The summed E-state index contributed by atoms with van der Waals surface area (Å²) < 4.78 is 1.13. The van der Waals surface area contributed by atoms with Gasteiger partial charge in [-0.1, -0.05) is 76.6 Å². The van der Waals surface area contributed by atoms with E-state index in [9.17, 15) is 0 Å². The highest BCUT2D eigenvalue weighted by Crippen LogP contribution is 2.52. The van der Waals surface area contributed by atoms with Gasteiger partial charge in [0.15, 0.2) is 0 Å². The van der Waals surface area contributed by atoms with Crippen LogP contribution in [0.25, 0.3) is 11.1 Å². The Labute approximate surface area is 133 Å². The first-order valence-corrected chi connectivity index (χ1v) is 7.96. The topological polar surface area (TPSA) is 0 Å². The van der Waals surface area contributed by atoms with E-state index in [0.717, 1.165) is 4.47 Å². The largest absolute Gasteiger partial charge is 0.0622 e. The normalized spacial score (nSPS) is 19.1. The minimum absolute atomic E-state index is 0.0755. The highest BCUT2D eigenvalue weighted by atomic mass is 79.9. The van der Waals surface area contributed by atoms with E-state index in [0.29, 0.717) is 0 Å². The third kappa shape index (κ3) is 1.74. The van der Waals surface area contributed by atoms with Crippen LogP contribution >= 0.6 is 15.9 Å². The fraction of sp³-hybridized carbons (Fsp3) is 0.100. The van der Waals surface area contributed by atoms with Crippen molar-refractivity contribution < 1.29 is 0 Å². The van der Waals surface area contributed by atoms with Crippen LogP contribution in [-0.4, -0.2) is 0 Å². The SMILES string of the molecule is CC1(c2ccccc2)c2ccccc2-c2cc(Br)ccc21. The Kier molecular flexibility index (Phi) is 2.80. The van der Waals surface area contributed by atoms with Gasteiger partial charge in [0.2, 0.25) is 0 Å². The lowest BCUT2D eigenvalue weighted by Crippen LogP contribution is -2.22. The van der Waals surface area contributed by atoms with E-state index in [-0.39, 0.29) is 5.41 Å². The molecule has 21 heavy (non-hydrogen) atoms. The third-order valence-corrected chi connectivity index (χ3v) is 5.12. The highest BCUT2D eigenvalue weighted by molar-refractivity contribution is 9.10. The molecule has 4 rings (SSSR count). The fourth-order valence-electron chi connectivity index (χ4n) is 3.56. The van der Waals surface area contributed by atoms with E-state index in [2.05, 4.69) is 95.7 Å². The standard InChI is InChI=1S/C20H15Br/c1-20(14-7-3-2-4-8-14)18-10-6-5-9-16(18)17-13-15(21)11-12-19(17)20/h2-13H,1H3. The molecule has 0 aromatic heterocycles. The number of rotatable bonds is 1. The second-order valence-corrected chi connectivity index (χ2v) is 6.64. The molecule has 0 fully saturated rings. The Bertz CT molecular complexity index is 820. The van der Waals surface area contributed by atoms with Crippen LogP contribution in [0.4, 0.5) is 0 Å². The Balaban J connectivity index is 2.10. The van der Waals surface area contributed by atoms with Crippen LogP contribution in [0, 0.1) is 0 Å². The second-order valence-electron chi connectivity index (χ2n) is 5.73. The van der Waals surface area contributed by atoms with Gasteiger partial charge in [0.25, 0.3) is 0 Å². The van der Waals surface area contributed by atoms with Gasteiger partial charge in [0.1, 0.15) is 0 Å². The van der Waals surface area contributed by atoms with Crippen molar-refractivity contribution in [2.45, 2.75) is 12.3 Å². The predicted octanol–water partition coefficient (Wildman–Crippen LogP) is 5.78. The van der Waals surface area contributed by atoms with Gasteiger partial charge in [-0.15, -0.1) is 0 Å². The molecule has 1 unspecified atom stereocenters. The van der Waals surface area contributed by atoms with Crippen LogP contribution in [-0.2, 0) is 5.41 Å². The summed E-state index contributed by atoms with van der Waals surface area (Å²) in [6.07, 6.45) is 0. The van der Waals surface area contributed by atoms with E-state index in [4.69, 9.17) is 0 Å². The summed E-state index contributed by atoms with van der Waals surface area (Å²) in [5.74, 6) is 0. The molecule has 1 heteroatoms. The minimum Gasteiger partial charge on any atom is -0.0622 e. The minimum atomic E-state index is -0.0755. The molecule has 1 aliphatic carbocycles. The van der Waals surface area contributed by atoms with Crippen molar-refractivity contribution in [3.05, 3.63) is 94.0 Å². The number of benzene rings is 3. The zero-order chi connectivity index (χ0) is 14.4. The Morgan fingerprint density at radius 1 is 0.714 bits per heavy atom. The van der Waals surface area contributed by atoms with E-state index in [1.54, 1.807) is 0 Å². The molecule has 0 saturated heterocycles. The lowest BCUT2D eigenvalue weighted by molar-refractivity contribution is 0.714. The van der Waals surface area contributed by atoms with Crippen LogP contribution in [0.3, 0.4) is 0 Å². The zero-order valence-corrected chi connectivity index (χ0v) is 13.4. The monoisotopic (exact) mass is 334 g/mol. The molecule has 102 valence electrons. The maximum Gasteiger partial charge on any atom is 0.0435 e. The quantitative estimate of drug-likeness (QED) is 0.528. The lowest BCUT2D eigenvalue weighted by Gasteiger charge is -2.28. The Morgan fingerprint density at radius 2 is 1.38 bits per heavy atom. The van der Waals surface area contributed by atoms with Gasteiger partial charge in [-0.2, -0.15) is 0 Å². The molecule has 3 aromatic carbocycles. The second kappa shape index (κ2) is 4.57. The first-order valence-electron chi connectivity index (χ1n) is 7.17. The average Bonchev–Trinajstić information content (AvgIpc) is 2.79. The molecule has 0 N–H and O–H groups in total. The smallest absolute Gasteiger partial charge is 0.0435 e. The summed E-state index contributed by atoms with van der Waals surface area (Å²) >= 11 is 3.61. The van der Waals surface area contributed by atoms with Crippen LogP contribution in [0.15, 0.2) is 77.3 Å². The van der Waals surface area contributed by atoms with Crippen molar-refractivity contribution in [2.24, 2.45) is 0 Å². The van der Waals surface area contributed by atoms with Gasteiger partial charge >= 0.3 is 0 Å². The predicted molar refractivity (Wildman–Crippen MR) is 91.6 cm³/mol. The van der Waals surface area contributed by atoms with Crippen molar-refractivity contribution in [1.29, 1.82) is 0 Å². The number of fused-ring (bicyclic) bond motifs is 3. The summed E-state index contributed by atoms with van der Waals surface area (Å²) in [5, 5.41) is 0. The number of halogens is 1. The molecule has 0 spiro atoms. The summed E-state index contributed by atoms with van der Waals surface area (Å²) in [6, 6.07) is 26.2. The highest BCUT2D eigenvalue weighted by Gasteiger charge is 2.40. The molecule has 0 bridgehead atoms. The van der Waals surface area contributed by atoms with Crippen LogP contribution in [0.5, 0.6) is 0 Å². The molecule has 0 amide bonds. The van der Waals surface area contributed by atoms with Crippen molar-refractivity contribution in [3.8, 4) is 11.1 Å². The van der Waals surface area contributed by atoms with Crippen LogP contribution in [0.2, 0.25) is 0 Å². The lowest BCUT2D eigenvalue weighted by atomic mass is 9.74. The maximum absolute atomic E-state index is 3.61. The van der Waals surface area contributed by atoms with Gasteiger partial charge in [0, 0.05) is 9.89 Å². The van der Waals surface area contributed by atoms with E-state index in [1.165, 1.54) is 27.8 Å². The maximum atomic E-state index is 3.61. The van der Waals surface area contributed by atoms with Crippen molar-refractivity contribution in [3.63, 3.8) is 0 Å². The van der Waals surface area contributed by atoms with Gasteiger partial charge in [-0.05, 0) is 46.9 Å². The summed E-state index contributed by atoms with van der Waals surface area (Å²) in [7, 11) is 0. The summed E-state index contributed by atoms with van der Waals surface area (Å²) in [6.45, 7) is 2.33. The molecule has 0 radical (unpaired) electrons. The third-order valence-electron chi connectivity index (χ3n) is 4.63. The molecule has 1 atom stereocenters. The van der Waals surface area contributed by atoms with Gasteiger partial charge in [-0.25, -0.2) is 0 Å². The molecular weight excluding hydrogens is 320 g/mol. The average molecular weight is 335 g/mol. The summed E-state index contributed by atoms with van der Waals surface area (Å²) in [5.41, 5.74) is 6.74. The van der Waals surface area contributed by atoms with E-state index < -0.39 is 0 Å². The van der Waals surface area contributed by atoms with Crippen molar-refractivity contribution in [1.82, 2.24) is 0 Å². The molecule has 1 aliphatic rings. The Hall–Kier alpha value is -1.86. The molecular formula is C20H15Br. The molecule has 0 heterocycles. The summed E-state index contributed by atoms with van der Waals surface area (Å²) in [4.78, 5) is 0. The van der Waals surface area contributed by atoms with E-state index >= 15 is 0 Å². The molecule has 0 saturated carbocycles. The van der Waals surface area contributed by atoms with Gasteiger partial charge in [0.05, 0.1) is 0 Å². The first-order chi connectivity index (χ1) is 10.2. The molecule has 0 nitrogen and oxygen atoms in total. The van der Waals surface area contributed by atoms with E-state index in [1.807, 2.05) is 0 Å². The van der Waals surface area contributed by atoms with Crippen molar-refractivity contribution in [2.75, 3.05) is 0 Å². The van der Waals surface area contributed by atoms with Crippen LogP contribution < -0.4 is 0 Å². The van der Waals surface area contributed by atoms with Crippen LogP contribution in [0.1, 0.15) is 23.6 Å². The number of hydrogen-bond donors (Lipinski definition) is 0. The molecule has 3 aromatic rings. The Morgan fingerprint density at radius 3 is 2.19 bits per heavy atom. The fourth-order valence-corrected chi connectivity index (χ4v) is 3.92. The molecule has 0 aliphatic heterocycles. The van der Waals surface area contributed by atoms with Gasteiger partial charge < -0.3 is 0 Å². The number of hydrogen-bond acceptors (Lipinski definition) is 0. The van der Waals surface area contributed by atoms with Crippen molar-refractivity contribution >= 4 is 15.9 Å². The first kappa shape index (κ1) is 12.8. The van der Waals surface area contributed by atoms with Gasteiger partial charge in [-0.3, -0.25) is 0 Å². The zero-order valence-electron chi connectivity index (χ0n) is 11.8.